The monoisotopic (exact) mass is 493 g/mol. The summed E-state index contributed by atoms with van der Waals surface area (Å²) in [6.07, 6.45) is 1.36. The SMILES string of the molecule is CN(C)C(=O)CSc1ccccc1C(=O)N1CCN(S(=O)(=O)c2cc(C(N)=O)n(C)c2)CC1. The van der Waals surface area contributed by atoms with E-state index in [1.807, 2.05) is 6.07 Å². The predicted octanol–water partition coefficient (Wildman–Crippen LogP) is 0.451. The number of piperazine rings is 1. The first-order valence-electron chi connectivity index (χ1n) is 10.2. The summed E-state index contributed by atoms with van der Waals surface area (Å²) in [4.78, 5) is 40.3. The third-order valence-corrected chi connectivity index (χ3v) is 8.29. The number of thioether (sulfide) groups is 1. The second kappa shape index (κ2) is 9.98. The molecule has 1 aliphatic heterocycles. The fraction of sp³-hybridized carbons (Fsp3) is 0.381. The molecule has 0 spiro atoms. The predicted molar refractivity (Wildman–Crippen MR) is 124 cm³/mol. The summed E-state index contributed by atoms with van der Waals surface area (Å²) in [7, 11) is 1.08. The van der Waals surface area contributed by atoms with Crippen LogP contribution in [0.15, 0.2) is 46.3 Å². The number of benzene rings is 1. The van der Waals surface area contributed by atoms with Crippen LogP contribution >= 0.6 is 11.8 Å². The van der Waals surface area contributed by atoms with Crippen LogP contribution < -0.4 is 5.73 Å². The molecule has 2 N–H and O–H groups in total. The number of carbonyl (C=O) groups is 3. The van der Waals surface area contributed by atoms with Crippen LogP contribution in [0.2, 0.25) is 0 Å². The lowest BCUT2D eigenvalue weighted by Gasteiger charge is -2.34. The van der Waals surface area contributed by atoms with E-state index in [0.717, 1.165) is 0 Å². The van der Waals surface area contributed by atoms with Crippen molar-refractivity contribution in [2.24, 2.45) is 12.8 Å². The molecule has 0 atom stereocenters. The van der Waals surface area contributed by atoms with E-state index in [0.29, 0.717) is 10.5 Å². The molecule has 1 aliphatic rings. The van der Waals surface area contributed by atoms with Crippen LogP contribution in [-0.2, 0) is 21.9 Å². The average Bonchev–Trinajstić information content (AvgIpc) is 3.20. The van der Waals surface area contributed by atoms with Gasteiger partial charge in [0.2, 0.25) is 15.9 Å². The molecule has 2 aromatic rings. The molecule has 3 rings (SSSR count). The maximum absolute atomic E-state index is 13.1. The summed E-state index contributed by atoms with van der Waals surface area (Å²) in [5, 5.41) is 0. The molecular formula is C21H27N5O5S2. The van der Waals surface area contributed by atoms with Gasteiger partial charge in [0.1, 0.15) is 10.6 Å². The van der Waals surface area contributed by atoms with Gasteiger partial charge in [-0.25, -0.2) is 8.42 Å². The molecule has 1 fully saturated rings. The Morgan fingerprint density at radius 1 is 1.09 bits per heavy atom. The van der Waals surface area contributed by atoms with Gasteiger partial charge in [-0.15, -0.1) is 11.8 Å². The number of aryl methyl sites for hydroxylation is 1. The minimum absolute atomic E-state index is 0.00844. The maximum Gasteiger partial charge on any atom is 0.265 e. The van der Waals surface area contributed by atoms with Gasteiger partial charge in [0.05, 0.1) is 11.3 Å². The van der Waals surface area contributed by atoms with Crippen molar-refractivity contribution < 1.29 is 22.8 Å². The number of primary amides is 1. The number of aromatic nitrogens is 1. The van der Waals surface area contributed by atoms with Crippen molar-refractivity contribution in [3.05, 3.63) is 47.8 Å². The Bertz CT molecular complexity index is 1170. The van der Waals surface area contributed by atoms with Crippen molar-refractivity contribution in [3.63, 3.8) is 0 Å². The van der Waals surface area contributed by atoms with Crippen LogP contribution in [-0.4, -0.2) is 90.8 Å². The van der Waals surface area contributed by atoms with E-state index in [-0.39, 0.29) is 54.3 Å². The highest BCUT2D eigenvalue weighted by Crippen LogP contribution is 2.25. The van der Waals surface area contributed by atoms with Gasteiger partial charge in [-0.2, -0.15) is 4.31 Å². The Hall–Kier alpha value is -2.83. The van der Waals surface area contributed by atoms with Gasteiger partial charge < -0.3 is 20.1 Å². The molecule has 33 heavy (non-hydrogen) atoms. The largest absolute Gasteiger partial charge is 0.364 e. The van der Waals surface area contributed by atoms with E-state index in [1.165, 1.54) is 37.8 Å². The smallest absolute Gasteiger partial charge is 0.265 e. The van der Waals surface area contributed by atoms with E-state index >= 15 is 0 Å². The summed E-state index contributed by atoms with van der Waals surface area (Å²) in [5.74, 6) is -0.754. The first-order chi connectivity index (χ1) is 15.5. The fourth-order valence-corrected chi connectivity index (χ4v) is 5.93. The van der Waals surface area contributed by atoms with Crippen molar-refractivity contribution in [3.8, 4) is 0 Å². The number of sulfonamides is 1. The lowest BCUT2D eigenvalue weighted by Crippen LogP contribution is -2.50. The molecule has 0 saturated carbocycles. The normalized spacial score (nSPS) is 14.8. The summed E-state index contributed by atoms with van der Waals surface area (Å²) >= 11 is 1.30. The molecule has 0 aliphatic carbocycles. The number of amides is 3. The zero-order chi connectivity index (χ0) is 24.3. The lowest BCUT2D eigenvalue weighted by atomic mass is 10.2. The number of hydrogen-bond acceptors (Lipinski definition) is 6. The van der Waals surface area contributed by atoms with E-state index in [1.54, 1.807) is 44.2 Å². The van der Waals surface area contributed by atoms with Crippen LogP contribution in [0.4, 0.5) is 0 Å². The van der Waals surface area contributed by atoms with E-state index in [4.69, 9.17) is 5.73 Å². The quantitative estimate of drug-likeness (QED) is 0.558. The first kappa shape index (κ1) is 24.8. The van der Waals surface area contributed by atoms with E-state index < -0.39 is 15.9 Å². The Labute approximate surface area is 197 Å². The molecule has 1 saturated heterocycles. The molecule has 0 bridgehead atoms. The van der Waals surface area contributed by atoms with Crippen molar-refractivity contribution >= 4 is 39.5 Å². The number of hydrogen-bond donors (Lipinski definition) is 1. The highest BCUT2D eigenvalue weighted by atomic mass is 32.2. The molecule has 1 aromatic carbocycles. The Morgan fingerprint density at radius 2 is 1.73 bits per heavy atom. The number of rotatable bonds is 7. The topological polar surface area (TPSA) is 126 Å². The van der Waals surface area contributed by atoms with Crippen LogP contribution in [0.1, 0.15) is 20.8 Å². The molecular weight excluding hydrogens is 466 g/mol. The summed E-state index contributed by atoms with van der Waals surface area (Å²) in [5.41, 5.74) is 5.87. The second-order valence-electron chi connectivity index (χ2n) is 7.81. The van der Waals surface area contributed by atoms with Gasteiger partial charge in [0.25, 0.3) is 11.8 Å². The maximum atomic E-state index is 13.1. The minimum atomic E-state index is -3.82. The van der Waals surface area contributed by atoms with Crippen LogP contribution in [0.3, 0.4) is 0 Å². The van der Waals surface area contributed by atoms with E-state index in [2.05, 4.69) is 0 Å². The van der Waals surface area contributed by atoms with Crippen LogP contribution in [0.5, 0.6) is 0 Å². The van der Waals surface area contributed by atoms with Gasteiger partial charge >= 0.3 is 0 Å². The molecule has 3 amide bonds. The number of nitrogens with two attached hydrogens (primary N) is 1. The molecule has 2 heterocycles. The Kier molecular flexibility index (Phi) is 7.50. The highest BCUT2D eigenvalue weighted by molar-refractivity contribution is 8.00. The van der Waals surface area contributed by atoms with Crippen molar-refractivity contribution in [1.29, 1.82) is 0 Å². The van der Waals surface area contributed by atoms with Crippen LogP contribution in [0.25, 0.3) is 0 Å². The molecule has 178 valence electrons. The van der Waals surface area contributed by atoms with Gasteiger partial charge in [-0.3, -0.25) is 14.4 Å². The summed E-state index contributed by atoms with van der Waals surface area (Å²) in [6.45, 7) is 0.707. The summed E-state index contributed by atoms with van der Waals surface area (Å²) in [6, 6.07) is 8.34. The summed E-state index contributed by atoms with van der Waals surface area (Å²) < 4.78 is 28.7. The Morgan fingerprint density at radius 3 is 2.30 bits per heavy atom. The third kappa shape index (κ3) is 5.40. The fourth-order valence-electron chi connectivity index (χ4n) is 3.41. The Balaban J connectivity index is 1.69. The van der Waals surface area contributed by atoms with Gasteiger partial charge in [-0.1, -0.05) is 12.1 Å². The molecule has 0 unspecified atom stereocenters. The standard InChI is InChI=1S/C21H27N5O5S2/c1-23(2)19(27)14-32-18-7-5-4-6-16(18)21(29)25-8-10-26(11-9-25)33(30,31)15-12-17(20(22)28)24(3)13-15/h4-7,12-13H,8-11,14H2,1-3H3,(H2,22,28). The zero-order valence-electron chi connectivity index (χ0n) is 18.7. The van der Waals surface area contributed by atoms with Gasteiger partial charge in [0, 0.05) is 58.4 Å². The average molecular weight is 494 g/mol. The van der Waals surface area contributed by atoms with Crippen molar-refractivity contribution in [2.45, 2.75) is 9.79 Å². The van der Waals surface area contributed by atoms with Crippen molar-refractivity contribution in [1.82, 2.24) is 18.7 Å². The van der Waals surface area contributed by atoms with Gasteiger partial charge in [-0.05, 0) is 18.2 Å². The zero-order valence-corrected chi connectivity index (χ0v) is 20.4. The van der Waals surface area contributed by atoms with Crippen molar-refractivity contribution in [2.75, 3.05) is 46.0 Å². The van der Waals surface area contributed by atoms with Gasteiger partial charge in [0.15, 0.2) is 0 Å². The third-order valence-electron chi connectivity index (χ3n) is 5.36. The van der Waals surface area contributed by atoms with Crippen LogP contribution in [0, 0.1) is 0 Å². The first-order valence-corrected chi connectivity index (χ1v) is 12.6. The number of nitrogens with zero attached hydrogens (tertiary/aromatic N) is 4. The molecule has 1 aromatic heterocycles. The minimum Gasteiger partial charge on any atom is -0.364 e. The second-order valence-corrected chi connectivity index (χ2v) is 10.8. The number of carbonyl (C=O) groups excluding carboxylic acids is 3. The molecule has 12 heteroatoms. The van der Waals surface area contributed by atoms with E-state index in [9.17, 15) is 22.8 Å². The highest BCUT2D eigenvalue weighted by Gasteiger charge is 2.32. The lowest BCUT2D eigenvalue weighted by molar-refractivity contribution is -0.125. The molecule has 0 radical (unpaired) electrons. The molecule has 10 nitrogen and oxygen atoms in total.